The third-order valence-corrected chi connectivity index (χ3v) is 5.52. The Bertz CT molecular complexity index is 1010. The lowest BCUT2D eigenvalue weighted by Gasteiger charge is -2.34. The summed E-state index contributed by atoms with van der Waals surface area (Å²) in [6.07, 6.45) is 3.86. The predicted molar refractivity (Wildman–Crippen MR) is 105 cm³/mol. The van der Waals surface area contributed by atoms with Gasteiger partial charge in [-0.3, -0.25) is 4.79 Å². The molecule has 144 valence electrons. The highest BCUT2D eigenvalue weighted by atomic mass is 16.4. The summed E-state index contributed by atoms with van der Waals surface area (Å²) < 4.78 is 5.85. The van der Waals surface area contributed by atoms with Gasteiger partial charge in [-0.15, -0.1) is 0 Å². The molecule has 0 atom stereocenters. The molecule has 5 rings (SSSR count). The third kappa shape index (κ3) is 2.94. The van der Waals surface area contributed by atoms with Crippen LogP contribution in [0.5, 0.6) is 0 Å². The number of aryl methyl sites for hydroxylation is 1. The van der Waals surface area contributed by atoms with Gasteiger partial charge in [-0.2, -0.15) is 4.98 Å². The molecule has 0 radical (unpaired) electrons. The van der Waals surface area contributed by atoms with Crippen molar-refractivity contribution in [3.05, 3.63) is 41.2 Å². The second-order valence-corrected chi connectivity index (χ2v) is 7.31. The van der Waals surface area contributed by atoms with Crippen LogP contribution in [0, 0.1) is 0 Å². The van der Waals surface area contributed by atoms with Crippen LogP contribution < -0.4 is 10.6 Å². The molecule has 2 N–H and O–H groups in total. The first-order valence-electron chi connectivity index (χ1n) is 9.74. The summed E-state index contributed by atoms with van der Waals surface area (Å²) >= 11 is 0. The summed E-state index contributed by atoms with van der Waals surface area (Å²) in [4.78, 5) is 30.2. The molecule has 1 aliphatic carbocycles. The van der Waals surface area contributed by atoms with E-state index in [1.165, 1.54) is 0 Å². The molecule has 1 amide bonds. The predicted octanol–water partition coefficient (Wildman–Crippen LogP) is 2.04. The third-order valence-electron chi connectivity index (χ3n) is 5.52. The molecule has 1 fully saturated rings. The molecule has 8 heteroatoms. The van der Waals surface area contributed by atoms with Crippen LogP contribution in [0.2, 0.25) is 0 Å². The average molecular weight is 378 g/mol. The highest BCUT2D eigenvalue weighted by Crippen LogP contribution is 2.25. The quantitative estimate of drug-likeness (QED) is 0.728. The minimum Gasteiger partial charge on any atom is -0.423 e. The average Bonchev–Trinajstić information content (AvgIpc) is 3.17. The Kier molecular flexibility index (Phi) is 4.11. The summed E-state index contributed by atoms with van der Waals surface area (Å²) in [5, 5.41) is 0. The van der Waals surface area contributed by atoms with Gasteiger partial charge in [-0.1, -0.05) is 12.1 Å². The minimum absolute atomic E-state index is 0.0514. The van der Waals surface area contributed by atoms with Crippen molar-refractivity contribution in [2.75, 3.05) is 36.8 Å². The number of piperazine rings is 1. The van der Waals surface area contributed by atoms with E-state index >= 15 is 0 Å². The van der Waals surface area contributed by atoms with Crippen molar-refractivity contribution in [2.24, 2.45) is 0 Å². The van der Waals surface area contributed by atoms with Gasteiger partial charge in [0.25, 0.3) is 11.9 Å². The van der Waals surface area contributed by atoms with Gasteiger partial charge in [0.1, 0.15) is 11.2 Å². The van der Waals surface area contributed by atoms with E-state index < -0.39 is 0 Å². The van der Waals surface area contributed by atoms with Crippen LogP contribution in [0.3, 0.4) is 0 Å². The number of anilines is 2. The van der Waals surface area contributed by atoms with Gasteiger partial charge >= 0.3 is 0 Å². The molecule has 8 nitrogen and oxygen atoms in total. The molecule has 0 bridgehead atoms. The highest BCUT2D eigenvalue weighted by Gasteiger charge is 2.29. The maximum Gasteiger partial charge on any atom is 0.298 e. The van der Waals surface area contributed by atoms with Crippen molar-refractivity contribution in [1.82, 2.24) is 19.9 Å². The Morgan fingerprint density at radius 3 is 2.61 bits per heavy atom. The first-order valence-corrected chi connectivity index (χ1v) is 9.74. The van der Waals surface area contributed by atoms with Gasteiger partial charge in [0.2, 0.25) is 5.95 Å². The normalized spacial score (nSPS) is 17.0. The number of hydrogen-bond donors (Lipinski definition) is 1. The molecule has 0 saturated carbocycles. The van der Waals surface area contributed by atoms with Crippen molar-refractivity contribution in [3.8, 4) is 0 Å². The van der Waals surface area contributed by atoms with Gasteiger partial charge in [0.05, 0.1) is 0 Å². The van der Waals surface area contributed by atoms with Crippen molar-refractivity contribution in [1.29, 1.82) is 0 Å². The monoisotopic (exact) mass is 378 g/mol. The Balaban J connectivity index is 1.33. The summed E-state index contributed by atoms with van der Waals surface area (Å²) in [6, 6.07) is 8.33. The topological polar surface area (TPSA) is 101 Å². The molecule has 0 spiro atoms. The zero-order valence-corrected chi connectivity index (χ0v) is 15.6. The van der Waals surface area contributed by atoms with Gasteiger partial charge in [0.15, 0.2) is 5.58 Å². The number of carbonyl (C=O) groups is 1. The highest BCUT2D eigenvalue weighted by molar-refractivity contribution is 5.94. The van der Waals surface area contributed by atoms with Crippen molar-refractivity contribution in [2.45, 2.75) is 25.7 Å². The van der Waals surface area contributed by atoms with E-state index in [9.17, 15) is 4.79 Å². The number of benzene rings is 1. The lowest BCUT2D eigenvalue weighted by Crippen LogP contribution is -2.49. The maximum atomic E-state index is 13.1. The van der Waals surface area contributed by atoms with Crippen LogP contribution in [-0.4, -0.2) is 51.9 Å². The molecule has 1 aromatic carbocycles. The van der Waals surface area contributed by atoms with E-state index in [4.69, 9.17) is 10.2 Å². The second-order valence-electron chi connectivity index (χ2n) is 7.31. The zero-order valence-electron chi connectivity index (χ0n) is 15.6. The summed E-state index contributed by atoms with van der Waals surface area (Å²) in [7, 11) is 0. The first-order chi connectivity index (χ1) is 13.7. The van der Waals surface area contributed by atoms with Gasteiger partial charge < -0.3 is 20.0 Å². The number of para-hydroxylation sites is 2. The van der Waals surface area contributed by atoms with Crippen LogP contribution in [0.15, 0.2) is 28.7 Å². The number of amides is 1. The molecular formula is C20H22N6O2. The Morgan fingerprint density at radius 2 is 1.79 bits per heavy atom. The fourth-order valence-electron chi connectivity index (χ4n) is 4.04. The van der Waals surface area contributed by atoms with E-state index in [2.05, 4.69) is 19.9 Å². The van der Waals surface area contributed by atoms with Crippen LogP contribution in [0.1, 0.15) is 34.6 Å². The van der Waals surface area contributed by atoms with E-state index in [-0.39, 0.29) is 11.9 Å². The fourth-order valence-corrected chi connectivity index (χ4v) is 4.04. The molecule has 2 aliphatic rings. The van der Waals surface area contributed by atoms with Crippen LogP contribution >= 0.6 is 0 Å². The Morgan fingerprint density at radius 1 is 1.00 bits per heavy atom. The number of carbonyl (C=O) groups excluding carboxylic acids is 1. The Labute approximate surface area is 162 Å². The van der Waals surface area contributed by atoms with Gasteiger partial charge in [-0.05, 0) is 37.8 Å². The number of nitrogens with zero attached hydrogens (tertiary/aromatic N) is 5. The molecule has 0 unspecified atom stereocenters. The number of hydrogen-bond acceptors (Lipinski definition) is 7. The molecule has 1 aliphatic heterocycles. The number of oxazole rings is 1. The Hall–Kier alpha value is -3.16. The number of nitrogen functional groups attached to an aromatic ring is 1. The fraction of sp³-hybridized carbons (Fsp3) is 0.400. The summed E-state index contributed by atoms with van der Waals surface area (Å²) in [5.74, 6) is 0.138. The van der Waals surface area contributed by atoms with E-state index in [1.54, 1.807) is 0 Å². The lowest BCUT2D eigenvalue weighted by molar-refractivity contribution is 0.0737. The number of aromatic nitrogens is 3. The smallest absolute Gasteiger partial charge is 0.298 e. The lowest BCUT2D eigenvalue weighted by atomic mass is 9.94. The zero-order chi connectivity index (χ0) is 19.1. The number of fused-ring (bicyclic) bond motifs is 2. The van der Waals surface area contributed by atoms with Gasteiger partial charge in [-0.25, -0.2) is 9.97 Å². The molecule has 28 heavy (non-hydrogen) atoms. The standard InChI is InChI=1S/C20H22N6O2/c21-19-22-14-6-2-1-5-13(14)17(24-19)18(27)25-9-11-26(12-10-25)20-23-15-7-3-4-8-16(15)28-20/h3-4,7-8H,1-2,5-6,9-12H2,(H2,21,22,24). The van der Waals surface area contributed by atoms with Crippen molar-refractivity contribution < 1.29 is 9.21 Å². The van der Waals surface area contributed by atoms with Crippen molar-refractivity contribution in [3.63, 3.8) is 0 Å². The summed E-state index contributed by atoms with van der Waals surface area (Å²) in [5.41, 5.74) is 9.89. The number of rotatable bonds is 2. The summed E-state index contributed by atoms with van der Waals surface area (Å²) in [6.45, 7) is 2.52. The second kappa shape index (κ2) is 6.78. The van der Waals surface area contributed by atoms with Crippen LogP contribution in [-0.2, 0) is 12.8 Å². The SMILES string of the molecule is Nc1nc2c(c(C(=O)N3CCN(c4nc5ccccc5o4)CC3)n1)CCCC2. The van der Waals surface area contributed by atoms with Gasteiger partial charge in [0, 0.05) is 37.4 Å². The molecular weight excluding hydrogens is 356 g/mol. The van der Waals surface area contributed by atoms with E-state index in [0.717, 1.165) is 48.0 Å². The number of nitrogens with two attached hydrogens (primary N) is 1. The largest absolute Gasteiger partial charge is 0.423 e. The van der Waals surface area contributed by atoms with Crippen LogP contribution in [0.25, 0.3) is 11.1 Å². The molecule has 3 aromatic rings. The van der Waals surface area contributed by atoms with Crippen LogP contribution in [0.4, 0.5) is 12.0 Å². The maximum absolute atomic E-state index is 13.1. The van der Waals surface area contributed by atoms with Crippen molar-refractivity contribution >= 4 is 29.0 Å². The molecule has 3 heterocycles. The first kappa shape index (κ1) is 17.0. The van der Waals surface area contributed by atoms with E-state index in [0.29, 0.717) is 37.9 Å². The molecule has 2 aromatic heterocycles. The molecule has 1 saturated heterocycles. The minimum atomic E-state index is -0.0514. The van der Waals surface area contributed by atoms with E-state index in [1.807, 2.05) is 29.2 Å².